The molecule has 0 saturated carbocycles. The molecule has 1 aliphatic carbocycles. The van der Waals surface area contributed by atoms with Crippen molar-refractivity contribution in [1.82, 2.24) is 0 Å². The molecule has 1 N–H and O–H groups in total. The van der Waals surface area contributed by atoms with Crippen LogP contribution in [0.3, 0.4) is 0 Å². The third kappa shape index (κ3) is 3.70. The quantitative estimate of drug-likeness (QED) is 0.615. The Morgan fingerprint density at radius 1 is 1.16 bits per heavy atom. The summed E-state index contributed by atoms with van der Waals surface area (Å²) in [4.78, 5) is 0. The Bertz CT molecular complexity index is 637. The van der Waals surface area contributed by atoms with Crippen LogP contribution in [0.2, 0.25) is 0 Å². The van der Waals surface area contributed by atoms with E-state index in [-0.39, 0.29) is 11.1 Å². The molecular weight excluding hydrogens is 260 g/mol. The number of allylic oxidation sites excluding steroid dienone is 7. The van der Waals surface area contributed by atoms with Gasteiger partial charge in [0.2, 0.25) is 0 Å². The van der Waals surface area contributed by atoms with Crippen molar-refractivity contribution in [1.29, 1.82) is 21.2 Å². The number of rotatable bonds is 2. The molecule has 0 aromatic carbocycles. The highest BCUT2D eigenvalue weighted by Crippen LogP contribution is 2.34. The molecule has 0 aromatic rings. The molecule has 19 heavy (non-hydrogen) atoms. The lowest BCUT2D eigenvalue weighted by molar-refractivity contribution is 0.791. The summed E-state index contributed by atoms with van der Waals surface area (Å²) in [6, 6.07) is 5.41. The molecule has 0 amide bonds. The van der Waals surface area contributed by atoms with Crippen LogP contribution in [0, 0.1) is 39.4 Å². The number of nitrogens with one attached hydrogen (secondary N) is 1. The van der Waals surface area contributed by atoms with Crippen molar-refractivity contribution in [2.45, 2.75) is 19.3 Å². The van der Waals surface area contributed by atoms with Crippen LogP contribution in [0.5, 0.6) is 0 Å². The molecule has 1 aliphatic rings. The first-order valence-electron chi connectivity index (χ1n) is 5.47. The van der Waals surface area contributed by atoms with Crippen molar-refractivity contribution in [3.05, 3.63) is 39.5 Å². The SMILES string of the molecule is N#CC(=C=N)/C=C1\CCCC(C=C(C#N)C#N)=C1Cl. The highest BCUT2D eigenvalue weighted by molar-refractivity contribution is 6.32. The number of hydrogen-bond acceptors (Lipinski definition) is 4. The van der Waals surface area contributed by atoms with Gasteiger partial charge in [0.1, 0.15) is 29.4 Å². The molecule has 0 aliphatic heterocycles. The molecule has 0 radical (unpaired) electrons. The Morgan fingerprint density at radius 3 is 2.37 bits per heavy atom. The third-order valence-corrected chi connectivity index (χ3v) is 3.07. The molecule has 0 atom stereocenters. The Labute approximate surface area is 116 Å². The van der Waals surface area contributed by atoms with E-state index in [2.05, 4.69) is 0 Å². The largest absolute Gasteiger partial charge is 0.258 e. The molecule has 0 aromatic heterocycles. The fraction of sp³-hybridized carbons (Fsp3) is 0.214. The van der Waals surface area contributed by atoms with E-state index in [1.165, 1.54) is 12.2 Å². The summed E-state index contributed by atoms with van der Waals surface area (Å²) in [5, 5.41) is 33.6. The topological polar surface area (TPSA) is 95.2 Å². The molecule has 0 unspecified atom stereocenters. The second-order valence-corrected chi connectivity index (χ2v) is 4.17. The highest BCUT2D eigenvalue weighted by atomic mass is 35.5. The van der Waals surface area contributed by atoms with Gasteiger partial charge in [-0.15, -0.1) is 0 Å². The van der Waals surface area contributed by atoms with Crippen LogP contribution in [-0.4, -0.2) is 5.87 Å². The van der Waals surface area contributed by atoms with Crippen molar-refractivity contribution in [3.63, 3.8) is 0 Å². The van der Waals surface area contributed by atoms with Gasteiger partial charge in [-0.05, 0) is 48.4 Å². The van der Waals surface area contributed by atoms with Gasteiger partial charge in [-0.2, -0.15) is 15.8 Å². The van der Waals surface area contributed by atoms with Crippen LogP contribution < -0.4 is 0 Å². The minimum absolute atomic E-state index is 0.00231. The molecule has 0 fully saturated rings. The molecule has 5 heteroatoms. The van der Waals surface area contributed by atoms with E-state index in [1.54, 1.807) is 12.1 Å². The van der Waals surface area contributed by atoms with Crippen LogP contribution in [-0.2, 0) is 0 Å². The van der Waals surface area contributed by atoms with Gasteiger partial charge in [0.15, 0.2) is 0 Å². The van der Waals surface area contributed by atoms with Gasteiger partial charge in [0.25, 0.3) is 0 Å². The normalized spacial score (nSPS) is 15.8. The number of nitrogens with zero attached hydrogens (tertiary/aromatic N) is 3. The van der Waals surface area contributed by atoms with Crippen LogP contribution in [0.4, 0.5) is 0 Å². The minimum atomic E-state index is -0.00231. The van der Waals surface area contributed by atoms with Crippen molar-refractivity contribution in [2.24, 2.45) is 0 Å². The van der Waals surface area contributed by atoms with E-state index >= 15 is 0 Å². The Hall–Kier alpha value is -2.57. The van der Waals surface area contributed by atoms with E-state index in [0.29, 0.717) is 23.4 Å². The fourth-order valence-corrected chi connectivity index (χ4v) is 2.00. The Morgan fingerprint density at radius 2 is 1.84 bits per heavy atom. The lowest BCUT2D eigenvalue weighted by Crippen LogP contribution is -1.99. The predicted molar refractivity (Wildman–Crippen MR) is 71.0 cm³/mol. The molecule has 0 bridgehead atoms. The first kappa shape index (κ1) is 14.5. The molecule has 0 spiro atoms. The second kappa shape index (κ2) is 7.00. The first-order chi connectivity index (χ1) is 9.15. The average molecular weight is 269 g/mol. The number of halogens is 1. The lowest BCUT2D eigenvalue weighted by atomic mass is 9.92. The van der Waals surface area contributed by atoms with Gasteiger partial charge in [0, 0.05) is 5.03 Å². The maximum atomic E-state index is 8.76. The monoisotopic (exact) mass is 268 g/mol. The van der Waals surface area contributed by atoms with Crippen molar-refractivity contribution >= 4 is 17.5 Å². The molecule has 1 rings (SSSR count). The zero-order valence-corrected chi connectivity index (χ0v) is 10.8. The zero-order valence-electron chi connectivity index (χ0n) is 10.00. The number of nitriles is 3. The van der Waals surface area contributed by atoms with Crippen LogP contribution in [0.25, 0.3) is 0 Å². The standard InChI is InChI=1S/C14H9ClN4/c15-14-12(4-10(6-16)7-17)2-1-3-13(14)5-11(8-18)9-19/h4-5,16H,1-3H2/b12-4+. The zero-order chi connectivity index (χ0) is 14.3. The highest BCUT2D eigenvalue weighted by Gasteiger charge is 2.15. The third-order valence-electron chi connectivity index (χ3n) is 2.59. The maximum Gasteiger partial charge on any atom is 0.129 e. The average Bonchev–Trinajstić information content (AvgIpc) is 2.45. The summed E-state index contributed by atoms with van der Waals surface area (Å²) < 4.78 is 0. The molecule has 4 nitrogen and oxygen atoms in total. The Balaban J connectivity index is 3.26. The molecule has 0 heterocycles. The molecule has 92 valence electrons. The second-order valence-electron chi connectivity index (χ2n) is 3.79. The summed E-state index contributed by atoms with van der Waals surface area (Å²) in [6.07, 6.45) is 5.17. The van der Waals surface area contributed by atoms with E-state index in [9.17, 15) is 0 Å². The fourth-order valence-electron chi connectivity index (χ4n) is 1.70. The summed E-state index contributed by atoms with van der Waals surface area (Å²) in [7, 11) is 0. The number of hydrogen-bond donors (Lipinski definition) is 1. The van der Waals surface area contributed by atoms with Crippen LogP contribution in [0.1, 0.15) is 19.3 Å². The molecule has 0 saturated heterocycles. The predicted octanol–water partition coefficient (Wildman–Crippen LogP) is 3.26. The van der Waals surface area contributed by atoms with Crippen molar-refractivity contribution < 1.29 is 0 Å². The van der Waals surface area contributed by atoms with E-state index in [4.69, 9.17) is 32.8 Å². The van der Waals surface area contributed by atoms with Crippen LogP contribution in [0.15, 0.2) is 39.5 Å². The summed E-state index contributed by atoms with van der Waals surface area (Å²) in [5.74, 6) is 2.03. The van der Waals surface area contributed by atoms with Gasteiger partial charge in [-0.25, -0.2) is 0 Å². The summed E-state index contributed by atoms with van der Waals surface area (Å²) in [5.41, 5.74) is 1.53. The van der Waals surface area contributed by atoms with Gasteiger partial charge < -0.3 is 0 Å². The van der Waals surface area contributed by atoms with E-state index < -0.39 is 0 Å². The van der Waals surface area contributed by atoms with Gasteiger partial charge in [0.05, 0.1) is 0 Å². The maximum absolute atomic E-state index is 8.76. The van der Waals surface area contributed by atoms with E-state index in [0.717, 1.165) is 12.0 Å². The Kier molecular flexibility index (Phi) is 5.34. The lowest BCUT2D eigenvalue weighted by Gasteiger charge is -2.16. The van der Waals surface area contributed by atoms with Crippen LogP contribution >= 0.6 is 11.6 Å². The van der Waals surface area contributed by atoms with Gasteiger partial charge in [-0.3, -0.25) is 5.41 Å². The molecular formula is C14H9ClN4. The summed E-state index contributed by atoms with van der Waals surface area (Å²) >= 11 is 6.20. The van der Waals surface area contributed by atoms with E-state index in [1.807, 2.05) is 11.9 Å². The minimum Gasteiger partial charge on any atom is -0.258 e. The first-order valence-corrected chi connectivity index (χ1v) is 5.85. The van der Waals surface area contributed by atoms with Crippen molar-refractivity contribution in [2.75, 3.05) is 0 Å². The van der Waals surface area contributed by atoms with Crippen molar-refractivity contribution in [3.8, 4) is 18.2 Å². The smallest absolute Gasteiger partial charge is 0.129 e. The van der Waals surface area contributed by atoms with Gasteiger partial charge >= 0.3 is 0 Å². The summed E-state index contributed by atoms with van der Waals surface area (Å²) in [6.45, 7) is 0. The van der Waals surface area contributed by atoms with Gasteiger partial charge in [-0.1, -0.05) is 11.6 Å².